The normalized spacial score (nSPS) is 14.3. The number of aromatic nitrogens is 1. The third kappa shape index (κ3) is 4.51. The van der Waals surface area contributed by atoms with E-state index in [-0.39, 0.29) is 5.91 Å². The molecule has 1 fully saturated rings. The highest BCUT2D eigenvalue weighted by Gasteiger charge is 2.22. The van der Waals surface area contributed by atoms with E-state index < -0.39 is 0 Å². The molecule has 0 bridgehead atoms. The van der Waals surface area contributed by atoms with E-state index in [0.29, 0.717) is 31.9 Å². The van der Waals surface area contributed by atoms with Crippen LogP contribution < -0.4 is 0 Å². The molecule has 4 rings (SSSR count). The number of aryl methyl sites for hydroxylation is 1. The smallest absolute Gasteiger partial charge is 0.254 e. The summed E-state index contributed by atoms with van der Waals surface area (Å²) in [6.45, 7) is 4.63. The first-order valence-corrected chi connectivity index (χ1v) is 11.0. The molecule has 0 N–H and O–H groups in total. The predicted molar refractivity (Wildman–Crippen MR) is 120 cm³/mol. The van der Waals surface area contributed by atoms with Crippen LogP contribution in [0.4, 0.5) is 0 Å². The SMILES string of the molecule is CCCCc1ccc(-c2cc(C(=O)N3CCOCC3)c3cc(Br)ccc3n2)cc1. The molecule has 0 radical (unpaired) electrons. The summed E-state index contributed by atoms with van der Waals surface area (Å²) in [5.41, 5.74) is 4.73. The van der Waals surface area contributed by atoms with Gasteiger partial charge in [0.15, 0.2) is 0 Å². The van der Waals surface area contributed by atoms with Crippen LogP contribution in [0.3, 0.4) is 0 Å². The number of hydrogen-bond acceptors (Lipinski definition) is 3. The largest absolute Gasteiger partial charge is 0.378 e. The molecule has 3 aromatic rings. The number of unbranched alkanes of at least 4 members (excludes halogenated alkanes) is 1. The second-order valence-corrected chi connectivity index (χ2v) is 8.34. The fraction of sp³-hybridized carbons (Fsp3) is 0.333. The molecule has 29 heavy (non-hydrogen) atoms. The van der Waals surface area contributed by atoms with Crippen molar-refractivity contribution in [1.29, 1.82) is 0 Å². The van der Waals surface area contributed by atoms with Gasteiger partial charge in [-0.1, -0.05) is 53.5 Å². The Bertz CT molecular complexity index is 1010. The number of pyridine rings is 1. The molecular weight excluding hydrogens is 428 g/mol. The summed E-state index contributed by atoms with van der Waals surface area (Å²) in [5.74, 6) is 0.0413. The van der Waals surface area contributed by atoms with Gasteiger partial charge in [0, 0.05) is 28.5 Å². The zero-order chi connectivity index (χ0) is 20.2. The molecule has 0 atom stereocenters. The van der Waals surface area contributed by atoms with Gasteiger partial charge in [0.2, 0.25) is 0 Å². The van der Waals surface area contributed by atoms with E-state index >= 15 is 0 Å². The molecule has 0 saturated carbocycles. The summed E-state index contributed by atoms with van der Waals surface area (Å²) in [6.07, 6.45) is 3.48. The number of ether oxygens (including phenoxy) is 1. The fourth-order valence-electron chi connectivity index (χ4n) is 3.68. The van der Waals surface area contributed by atoms with Crippen LogP contribution in [0, 0.1) is 0 Å². The molecule has 2 aromatic carbocycles. The Morgan fingerprint density at radius 2 is 1.86 bits per heavy atom. The molecule has 0 unspecified atom stereocenters. The van der Waals surface area contributed by atoms with Crippen molar-refractivity contribution >= 4 is 32.7 Å². The molecule has 0 spiro atoms. The summed E-state index contributed by atoms with van der Waals surface area (Å²) in [5, 5.41) is 0.874. The van der Waals surface area contributed by atoms with Crippen LogP contribution >= 0.6 is 15.9 Å². The molecule has 5 heteroatoms. The summed E-state index contributed by atoms with van der Waals surface area (Å²) < 4.78 is 6.35. The molecule has 0 aliphatic carbocycles. The van der Waals surface area contributed by atoms with E-state index in [9.17, 15) is 4.79 Å². The Morgan fingerprint density at radius 1 is 1.10 bits per heavy atom. The first kappa shape index (κ1) is 20.0. The third-order valence-corrected chi connectivity index (χ3v) is 5.86. The minimum atomic E-state index is 0.0413. The average molecular weight is 453 g/mol. The maximum absolute atomic E-state index is 13.3. The molecule has 1 aliphatic heterocycles. The van der Waals surface area contributed by atoms with Crippen molar-refractivity contribution < 1.29 is 9.53 Å². The topological polar surface area (TPSA) is 42.4 Å². The first-order valence-electron chi connectivity index (χ1n) is 10.2. The molecule has 1 saturated heterocycles. The number of hydrogen-bond donors (Lipinski definition) is 0. The van der Waals surface area contributed by atoms with Crippen LogP contribution in [0.5, 0.6) is 0 Å². The maximum Gasteiger partial charge on any atom is 0.254 e. The zero-order valence-corrected chi connectivity index (χ0v) is 18.2. The lowest BCUT2D eigenvalue weighted by Crippen LogP contribution is -2.40. The average Bonchev–Trinajstić information content (AvgIpc) is 2.77. The Balaban J connectivity index is 1.75. The quantitative estimate of drug-likeness (QED) is 0.514. The van der Waals surface area contributed by atoms with Gasteiger partial charge in [-0.25, -0.2) is 4.98 Å². The van der Waals surface area contributed by atoms with Crippen molar-refractivity contribution in [1.82, 2.24) is 9.88 Å². The van der Waals surface area contributed by atoms with Gasteiger partial charge in [-0.15, -0.1) is 0 Å². The minimum absolute atomic E-state index is 0.0413. The number of halogens is 1. The van der Waals surface area contributed by atoms with Crippen molar-refractivity contribution in [3.8, 4) is 11.3 Å². The highest BCUT2D eigenvalue weighted by atomic mass is 79.9. The summed E-state index contributed by atoms with van der Waals surface area (Å²) in [7, 11) is 0. The van der Waals surface area contributed by atoms with Gasteiger partial charge in [-0.05, 0) is 42.7 Å². The van der Waals surface area contributed by atoms with E-state index in [1.165, 1.54) is 18.4 Å². The lowest BCUT2D eigenvalue weighted by molar-refractivity contribution is 0.0304. The van der Waals surface area contributed by atoms with Crippen molar-refractivity contribution in [3.63, 3.8) is 0 Å². The minimum Gasteiger partial charge on any atom is -0.378 e. The number of fused-ring (bicyclic) bond motifs is 1. The van der Waals surface area contributed by atoms with Crippen LogP contribution in [-0.4, -0.2) is 42.1 Å². The first-order chi connectivity index (χ1) is 14.2. The predicted octanol–water partition coefficient (Wildman–Crippen LogP) is 5.48. The Hall–Kier alpha value is -2.24. The standard InChI is InChI=1S/C24H25BrN2O2/c1-2-3-4-17-5-7-18(8-6-17)23-16-21(24(28)27-11-13-29-14-12-27)20-15-19(25)9-10-22(20)26-23/h5-10,15-16H,2-4,11-14H2,1H3. The monoisotopic (exact) mass is 452 g/mol. The second-order valence-electron chi connectivity index (χ2n) is 7.42. The number of carbonyl (C=O) groups excluding carboxylic acids is 1. The van der Waals surface area contributed by atoms with Crippen LogP contribution in [0.15, 0.2) is 53.0 Å². The summed E-state index contributed by atoms with van der Waals surface area (Å²) in [6, 6.07) is 16.4. The van der Waals surface area contributed by atoms with E-state index in [2.05, 4.69) is 47.1 Å². The van der Waals surface area contributed by atoms with E-state index in [0.717, 1.165) is 33.1 Å². The van der Waals surface area contributed by atoms with Gasteiger partial charge < -0.3 is 9.64 Å². The Labute approximate surface area is 180 Å². The molecule has 4 nitrogen and oxygen atoms in total. The Kier molecular flexibility index (Phi) is 6.26. The number of morpholine rings is 1. The van der Waals surface area contributed by atoms with E-state index in [1.807, 2.05) is 29.2 Å². The fourth-order valence-corrected chi connectivity index (χ4v) is 4.04. The van der Waals surface area contributed by atoms with Crippen LogP contribution in [0.2, 0.25) is 0 Å². The van der Waals surface area contributed by atoms with Crippen molar-refractivity contribution in [2.75, 3.05) is 26.3 Å². The van der Waals surface area contributed by atoms with E-state index in [1.54, 1.807) is 0 Å². The third-order valence-electron chi connectivity index (χ3n) is 5.37. The zero-order valence-electron chi connectivity index (χ0n) is 16.7. The summed E-state index contributed by atoms with van der Waals surface area (Å²) >= 11 is 3.53. The molecular formula is C24H25BrN2O2. The highest BCUT2D eigenvalue weighted by Crippen LogP contribution is 2.28. The van der Waals surface area contributed by atoms with Crippen molar-refractivity contribution in [3.05, 3.63) is 64.1 Å². The number of amides is 1. The lowest BCUT2D eigenvalue weighted by atomic mass is 10.0. The molecule has 2 heterocycles. The second kappa shape index (κ2) is 9.06. The van der Waals surface area contributed by atoms with Gasteiger partial charge in [-0.3, -0.25) is 4.79 Å². The number of carbonyl (C=O) groups is 1. The van der Waals surface area contributed by atoms with Gasteiger partial charge in [0.1, 0.15) is 0 Å². The highest BCUT2D eigenvalue weighted by molar-refractivity contribution is 9.10. The number of benzene rings is 2. The van der Waals surface area contributed by atoms with Crippen LogP contribution in [-0.2, 0) is 11.2 Å². The maximum atomic E-state index is 13.3. The van der Waals surface area contributed by atoms with E-state index in [4.69, 9.17) is 9.72 Å². The van der Waals surface area contributed by atoms with Gasteiger partial charge in [-0.2, -0.15) is 0 Å². The lowest BCUT2D eigenvalue weighted by Gasteiger charge is -2.27. The van der Waals surface area contributed by atoms with Crippen molar-refractivity contribution in [2.24, 2.45) is 0 Å². The van der Waals surface area contributed by atoms with Crippen molar-refractivity contribution in [2.45, 2.75) is 26.2 Å². The molecule has 150 valence electrons. The summed E-state index contributed by atoms with van der Waals surface area (Å²) in [4.78, 5) is 20.0. The van der Waals surface area contributed by atoms with Gasteiger partial charge in [0.05, 0.1) is 30.0 Å². The number of rotatable bonds is 5. The Morgan fingerprint density at radius 3 is 2.59 bits per heavy atom. The van der Waals surface area contributed by atoms with Crippen LogP contribution in [0.1, 0.15) is 35.7 Å². The number of nitrogens with zero attached hydrogens (tertiary/aromatic N) is 2. The van der Waals surface area contributed by atoms with Gasteiger partial charge in [0.25, 0.3) is 5.91 Å². The van der Waals surface area contributed by atoms with Crippen LogP contribution in [0.25, 0.3) is 22.2 Å². The molecule has 1 aromatic heterocycles. The molecule has 1 aliphatic rings. The molecule has 1 amide bonds. The van der Waals surface area contributed by atoms with Gasteiger partial charge >= 0.3 is 0 Å².